The molecule has 1 aliphatic heterocycles. The van der Waals surface area contributed by atoms with Gasteiger partial charge in [0.1, 0.15) is 0 Å². The first kappa shape index (κ1) is 14.8. The SMILES string of the molecule is CC1Cc2ccccc2N(Cc2ccccc2)C(=O)C1(C)C. The average Bonchev–Trinajstić information content (AvgIpc) is 2.59. The molecule has 2 nitrogen and oxygen atoms in total. The van der Waals surface area contributed by atoms with E-state index in [0.717, 1.165) is 17.7 Å². The van der Waals surface area contributed by atoms with Crippen molar-refractivity contribution in [2.24, 2.45) is 11.3 Å². The Balaban J connectivity index is 2.06. The largest absolute Gasteiger partial charge is 0.307 e. The molecule has 2 heteroatoms. The third-order valence-electron chi connectivity index (χ3n) is 5.02. The molecule has 2 aromatic rings. The Hall–Kier alpha value is -2.09. The first-order valence-corrected chi connectivity index (χ1v) is 7.94. The van der Waals surface area contributed by atoms with E-state index < -0.39 is 0 Å². The van der Waals surface area contributed by atoms with Crippen molar-refractivity contribution in [3.8, 4) is 0 Å². The molecule has 1 heterocycles. The maximum Gasteiger partial charge on any atom is 0.233 e. The van der Waals surface area contributed by atoms with Crippen LogP contribution in [0.4, 0.5) is 5.69 Å². The van der Waals surface area contributed by atoms with Crippen LogP contribution in [0.25, 0.3) is 0 Å². The lowest BCUT2D eigenvalue weighted by Crippen LogP contribution is -2.42. The zero-order chi connectivity index (χ0) is 15.7. The summed E-state index contributed by atoms with van der Waals surface area (Å²) in [6.07, 6.45) is 0.945. The summed E-state index contributed by atoms with van der Waals surface area (Å²) in [6.45, 7) is 6.96. The van der Waals surface area contributed by atoms with E-state index in [1.807, 2.05) is 29.2 Å². The molecule has 1 unspecified atom stereocenters. The topological polar surface area (TPSA) is 20.3 Å². The van der Waals surface area contributed by atoms with Crippen molar-refractivity contribution in [2.45, 2.75) is 33.7 Å². The molecule has 3 rings (SSSR count). The van der Waals surface area contributed by atoms with Crippen LogP contribution in [0.2, 0.25) is 0 Å². The quantitative estimate of drug-likeness (QED) is 0.801. The van der Waals surface area contributed by atoms with Gasteiger partial charge < -0.3 is 4.90 Å². The summed E-state index contributed by atoms with van der Waals surface area (Å²) in [7, 11) is 0. The number of anilines is 1. The van der Waals surface area contributed by atoms with Gasteiger partial charge in [-0.05, 0) is 29.5 Å². The zero-order valence-electron chi connectivity index (χ0n) is 13.5. The van der Waals surface area contributed by atoms with Gasteiger partial charge in [0.2, 0.25) is 5.91 Å². The smallest absolute Gasteiger partial charge is 0.233 e. The van der Waals surface area contributed by atoms with Gasteiger partial charge in [0.15, 0.2) is 0 Å². The minimum absolute atomic E-state index is 0.216. The van der Waals surface area contributed by atoms with Crippen LogP contribution >= 0.6 is 0 Å². The Bertz CT molecular complexity index is 675. The molecule has 0 N–H and O–H groups in total. The standard InChI is InChI=1S/C20H23NO/c1-15-13-17-11-7-8-12-18(17)21(19(22)20(15,2)3)14-16-9-5-4-6-10-16/h4-12,15H,13-14H2,1-3H3. The Kier molecular flexibility index (Phi) is 3.78. The van der Waals surface area contributed by atoms with E-state index in [1.54, 1.807) is 0 Å². The molecule has 0 radical (unpaired) electrons. The van der Waals surface area contributed by atoms with Gasteiger partial charge in [-0.25, -0.2) is 0 Å². The van der Waals surface area contributed by atoms with Crippen LogP contribution in [0.15, 0.2) is 54.6 Å². The maximum atomic E-state index is 13.2. The van der Waals surface area contributed by atoms with Gasteiger partial charge in [-0.2, -0.15) is 0 Å². The number of carbonyl (C=O) groups excluding carboxylic acids is 1. The van der Waals surface area contributed by atoms with Crippen LogP contribution in [0.1, 0.15) is 31.9 Å². The summed E-state index contributed by atoms with van der Waals surface area (Å²) < 4.78 is 0. The molecule has 0 saturated heterocycles. The highest BCUT2D eigenvalue weighted by atomic mass is 16.2. The Morgan fingerprint density at radius 3 is 2.41 bits per heavy atom. The molecule has 2 aromatic carbocycles. The summed E-state index contributed by atoms with van der Waals surface area (Å²) in [5.41, 5.74) is 3.14. The van der Waals surface area contributed by atoms with Crippen LogP contribution in [0, 0.1) is 11.3 Å². The van der Waals surface area contributed by atoms with E-state index in [-0.39, 0.29) is 11.3 Å². The Labute approximate surface area is 132 Å². The van der Waals surface area contributed by atoms with Crippen molar-refractivity contribution >= 4 is 11.6 Å². The lowest BCUT2D eigenvalue weighted by molar-refractivity contribution is -0.128. The molecule has 0 bridgehead atoms. The van der Waals surface area contributed by atoms with Crippen molar-refractivity contribution in [1.29, 1.82) is 0 Å². The molecule has 0 aromatic heterocycles. The normalized spacial score (nSPS) is 20.4. The summed E-state index contributed by atoms with van der Waals surface area (Å²) in [4.78, 5) is 15.1. The van der Waals surface area contributed by atoms with Gasteiger partial charge in [-0.1, -0.05) is 69.3 Å². The van der Waals surface area contributed by atoms with E-state index in [4.69, 9.17) is 0 Å². The van der Waals surface area contributed by atoms with Crippen molar-refractivity contribution in [3.05, 3.63) is 65.7 Å². The van der Waals surface area contributed by atoms with Gasteiger partial charge in [0.25, 0.3) is 0 Å². The van der Waals surface area contributed by atoms with Gasteiger partial charge in [0.05, 0.1) is 6.54 Å². The van der Waals surface area contributed by atoms with Crippen molar-refractivity contribution < 1.29 is 4.79 Å². The zero-order valence-corrected chi connectivity index (χ0v) is 13.5. The monoisotopic (exact) mass is 293 g/mol. The van der Waals surface area contributed by atoms with E-state index >= 15 is 0 Å². The van der Waals surface area contributed by atoms with E-state index in [0.29, 0.717) is 12.5 Å². The molecule has 22 heavy (non-hydrogen) atoms. The van der Waals surface area contributed by atoms with Crippen LogP contribution in [0.3, 0.4) is 0 Å². The first-order chi connectivity index (χ1) is 10.5. The van der Waals surface area contributed by atoms with E-state index in [2.05, 4.69) is 51.1 Å². The summed E-state index contributed by atoms with van der Waals surface area (Å²) in [6, 6.07) is 18.5. The van der Waals surface area contributed by atoms with Crippen molar-refractivity contribution in [3.63, 3.8) is 0 Å². The molecule has 1 aliphatic rings. The highest BCUT2D eigenvalue weighted by Crippen LogP contribution is 2.39. The van der Waals surface area contributed by atoms with Gasteiger partial charge in [0, 0.05) is 11.1 Å². The van der Waals surface area contributed by atoms with Gasteiger partial charge >= 0.3 is 0 Å². The third kappa shape index (κ3) is 2.54. The van der Waals surface area contributed by atoms with Gasteiger partial charge in [-0.15, -0.1) is 0 Å². The number of carbonyl (C=O) groups is 1. The highest BCUT2D eigenvalue weighted by Gasteiger charge is 2.40. The Morgan fingerprint density at radius 2 is 1.68 bits per heavy atom. The molecule has 0 fully saturated rings. The number of fused-ring (bicyclic) bond motifs is 1. The number of benzene rings is 2. The molecular formula is C20H23NO. The number of hydrogen-bond donors (Lipinski definition) is 0. The number of para-hydroxylation sites is 1. The van der Waals surface area contributed by atoms with Crippen LogP contribution in [-0.2, 0) is 17.8 Å². The van der Waals surface area contributed by atoms with E-state index in [9.17, 15) is 4.79 Å². The molecule has 0 spiro atoms. The Morgan fingerprint density at radius 1 is 1.05 bits per heavy atom. The second-order valence-corrected chi connectivity index (χ2v) is 6.83. The average molecular weight is 293 g/mol. The maximum absolute atomic E-state index is 13.2. The summed E-state index contributed by atoms with van der Waals surface area (Å²) >= 11 is 0. The molecular weight excluding hydrogens is 270 g/mol. The lowest BCUT2D eigenvalue weighted by atomic mass is 9.77. The minimum atomic E-state index is -0.353. The molecule has 114 valence electrons. The van der Waals surface area contributed by atoms with Crippen LogP contribution in [0.5, 0.6) is 0 Å². The van der Waals surface area contributed by atoms with Crippen molar-refractivity contribution in [1.82, 2.24) is 0 Å². The van der Waals surface area contributed by atoms with Crippen molar-refractivity contribution in [2.75, 3.05) is 4.90 Å². The fourth-order valence-corrected chi connectivity index (χ4v) is 3.12. The number of rotatable bonds is 2. The third-order valence-corrected chi connectivity index (χ3v) is 5.02. The predicted octanol–water partition coefficient (Wildman–Crippen LogP) is 4.44. The van der Waals surface area contributed by atoms with Crippen LogP contribution < -0.4 is 4.90 Å². The second kappa shape index (κ2) is 5.60. The number of amides is 1. The molecule has 0 saturated carbocycles. The fourth-order valence-electron chi connectivity index (χ4n) is 3.12. The second-order valence-electron chi connectivity index (χ2n) is 6.83. The number of hydrogen-bond acceptors (Lipinski definition) is 1. The first-order valence-electron chi connectivity index (χ1n) is 7.94. The van der Waals surface area contributed by atoms with Gasteiger partial charge in [-0.3, -0.25) is 4.79 Å². The predicted molar refractivity (Wildman–Crippen MR) is 90.7 cm³/mol. The van der Waals surface area contributed by atoms with E-state index in [1.165, 1.54) is 5.56 Å². The highest BCUT2D eigenvalue weighted by molar-refractivity contribution is 5.98. The lowest BCUT2D eigenvalue weighted by Gasteiger charge is -2.32. The minimum Gasteiger partial charge on any atom is -0.307 e. The molecule has 1 atom stereocenters. The molecule has 0 aliphatic carbocycles. The van der Waals surface area contributed by atoms with Crippen LogP contribution in [-0.4, -0.2) is 5.91 Å². The summed E-state index contributed by atoms with van der Waals surface area (Å²) in [5.74, 6) is 0.538. The number of nitrogens with zero attached hydrogens (tertiary/aromatic N) is 1. The summed E-state index contributed by atoms with van der Waals surface area (Å²) in [5, 5.41) is 0. The molecule has 1 amide bonds. The fraction of sp³-hybridized carbons (Fsp3) is 0.350.